The predicted octanol–water partition coefficient (Wildman–Crippen LogP) is 5.69. The quantitative estimate of drug-likeness (QED) is 0.570. The van der Waals surface area contributed by atoms with Crippen molar-refractivity contribution in [1.29, 1.82) is 0 Å². The van der Waals surface area contributed by atoms with E-state index in [2.05, 4.69) is 12.2 Å². The van der Waals surface area contributed by atoms with Crippen LogP contribution in [0.25, 0.3) is 0 Å². The molecule has 0 bridgehead atoms. The van der Waals surface area contributed by atoms with Crippen LogP contribution in [0, 0.1) is 17.8 Å². The van der Waals surface area contributed by atoms with Gasteiger partial charge in [0.2, 0.25) is 0 Å². The maximum Gasteiger partial charge on any atom is 0.136 e. The summed E-state index contributed by atoms with van der Waals surface area (Å²) < 4.78 is 0. The van der Waals surface area contributed by atoms with Crippen molar-refractivity contribution in [3.05, 3.63) is 12.2 Å². The van der Waals surface area contributed by atoms with Crippen molar-refractivity contribution in [1.82, 2.24) is 0 Å². The first-order chi connectivity index (χ1) is 9.75. The molecule has 20 heavy (non-hydrogen) atoms. The second-order valence-corrected chi connectivity index (χ2v) is 7.12. The van der Waals surface area contributed by atoms with E-state index in [1.165, 1.54) is 70.6 Å². The second kappa shape index (κ2) is 8.64. The molecule has 0 aromatic heterocycles. The molecule has 1 heteroatoms. The smallest absolute Gasteiger partial charge is 0.136 e. The fourth-order valence-electron chi connectivity index (χ4n) is 4.02. The number of carbonyl (C=O) groups is 1. The molecule has 2 saturated carbocycles. The largest absolute Gasteiger partial charge is 0.299 e. The average molecular weight is 276 g/mol. The van der Waals surface area contributed by atoms with Crippen molar-refractivity contribution in [3.8, 4) is 0 Å². The van der Waals surface area contributed by atoms with E-state index in [1.807, 2.05) is 0 Å². The minimum absolute atomic E-state index is 0.196. The van der Waals surface area contributed by atoms with Crippen LogP contribution < -0.4 is 0 Å². The van der Waals surface area contributed by atoms with Crippen molar-refractivity contribution >= 4 is 5.78 Å². The highest BCUT2D eigenvalue weighted by Crippen LogP contribution is 2.30. The van der Waals surface area contributed by atoms with E-state index < -0.39 is 0 Å². The lowest BCUT2D eigenvalue weighted by atomic mass is 9.81. The third-order valence-corrected chi connectivity index (χ3v) is 5.40. The predicted molar refractivity (Wildman–Crippen MR) is 85.7 cm³/mol. The summed E-state index contributed by atoms with van der Waals surface area (Å²) in [7, 11) is 0. The summed E-state index contributed by atoms with van der Waals surface area (Å²) >= 11 is 0. The molecule has 1 unspecified atom stereocenters. The third kappa shape index (κ3) is 5.42. The van der Waals surface area contributed by atoms with Gasteiger partial charge >= 0.3 is 0 Å². The van der Waals surface area contributed by atoms with Gasteiger partial charge in [-0.1, -0.05) is 76.4 Å². The fourth-order valence-corrected chi connectivity index (χ4v) is 4.02. The molecule has 0 aliphatic heterocycles. The molecule has 0 amide bonds. The molecule has 0 N–H and O–H groups in total. The molecule has 1 nitrogen and oxygen atoms in total. The molecule has 2 rings (SSSR count). The van der Waals surface area contributed by atoms with Gasteiger partial charge in [0.25, 0.3) is 0 Å². The molecule has 0 aromatic rings. The summed E-state index contributed by atoms with van der Waals surface area (Å²) in [6, 6.07) is 0. The van der Waals surface area contributed by atoms with E-state index in [9.17, 15) is 4.79 Å². The van der Waals surface area contributed by atoms with Crippen LogP contribution in [-0.2, 0) is 4.79 Å². The molecule has 114 valence electrons. The summed E-state index contributed by atoms with van der Waals surface area (Å²) in [5.74, 6) is 2.26. The maximum atomic E-state index is 11.8. The topological polar surface area (TPSA) is 17.1 Å². The molecule has 2 fully saturated rings. The standard InChI is InChI=1S/C19H32O/c1-16(20)19(15-18-11-6-3-7-12-18)14-8-13-17-9-4-2-5-10-17/h8,14,17-19H,2-7,9-13,15H2,1H3/b14-8+. The lowest BCUT2D eigenvalue weighted by Crippen LogP contribution is -2.16. The highest BCUT2D eigenvalue weighted by molar-refractivity contribution is 5.80. The maximum absolute atomic E-state index is 11.8. The summed E-state index contributed by atoms with van der Waals surface area (Å²) in [5.41, 5.74) is 0. The van der Waals surface area contributed by atoms with Crippen LogP contribution in [0.1, 0.15) is 84.0 Å². The Morgan fingerprint density at radius 2 is 1.50 bits per heavy atom. The third-order valence-electron chi connectivity index (χ3n) is 5.40. The zero-order valence-electron chi connectivity index (χ0n) is 13.3. The number of Topliss-reactive ketones (excluding diaryl/α,β-unsaturated/α-hetero) is 1. The lowest BCUT2D eigenvalue weighted by Gasteiger charge is -2.24. The van der Waals surface area contributed by atoms with Crippen molar-refractivity contribution in [3.63, 3.8) is 0 Å². The molecule has 0 spiro atoms. The van der Waals surface area contributed by atoms with E-state index in [4.69, 9.17) is 0 Å². The van der Waals surface area contributed by atoms with Gasteiger partial charge in [0.15, 0.2) is 0 Å². The Balaban J connectivity index is 1.76. The number of rotatable bonds is 6. The average Bonchev–Trinajstić information content (AvgIpc) is 2.48. The van der Waals surface area contributed by atoms with Crippen molar-refractivity contribution in [2.24, 2.45) is 17.8 Å². The van der Waals surface area contributed by atoms with Crippen LogP contribution >= 0.6 is 0 Å². The molecule has 2 aliphatic rings. The van der Waals surface area contributed by atoms with Gasteiger partial charge in [-0.2, -0.15) is 0 Å². The lowest BCUT2D eigenvalue weighted by molar-refractivity contribution is -0.119. The minimum Gasteiger partial charge on any atom is -0.299 e. The fraction of sp³-hybridized carbons (Fsp3) is 0.842. The Kier molecular flexibility index (Phi) is 6.82. The molecule has 0 heterocycles. The number of ketones is 1. The summed E-state index contributed by atoms with van der Waals surface area (Å²) in [6.07, 6.45) is 20.8. The van der Waals surface area contributed by atoms with Crippen molar-refractivity contribution in [2.45, 2.75) is 84.0 Å². The van der Waals surface area contributed by atoms with E-state index in [0.717, 1.165) is 18.3 Å². The number of hydrogen-bond acceptors (Lipinski definition) is 1. The second-order valence-electron chi connectivity index (χ2n) is 7.12. The van der Waals surface area contributed by atoms with E-state index in [0.29, 0.717) is 5.78 Å². The number of hydrogen-bond donors (Lipinski definition) is 0. The Morgan fingerprint density at radius 3 is 2.05 bits per heavy atom. The highest BCUT2D eigenvalue weighted by Gasteiger charge is 2.20. The Hall–Kier alpha value is -0.590. The van der Waals surface area contributed by atoms with Crippen LogP contribution in [0.4, 0.5) is 0 Å². The zero-order valence-corrected chi connectivity index (χ0v) is 13.3. The van der Waals surface area contributed by atoms with Gasteiger partial charge in [-0.15, -0.1) is 0 Å². The van der Waals surface area contributed by atoms with Gasteiger partial charge < -0.3 is 0 Å². The van der Waals surface area contributed by atoms with Gasteiger partial charge in [-0.05, 0) is 31.6 Å². The van der Waals surface area contributed by atoms with Gasteiger partial charge in [0.1, 0.15) is 5.78 Å². The normalized spacial score (nSPS) is 24.1. The first-order valence-electron chi connectivity index (χ1n) is 8.93. The van der Waals surface area contributed by atoms with Crippen LogP contribution in [0.3, 0.4) is 0 Å². The van der Waals surface area contributed by atoms with Crippen LogP contribution in [0.2, 0.25) is 0 Å². The molecular weight excluding hydrogens is 244 g/mol. The Bertz CT molecular complexity index is 306. The van der Waals surface area contributed by atoms with E-state index in [-0.39, 0.29) is 5.92 Å². The van der Waals surface area contributed by atoms with E-state index in [1.54, 1.807) is 6.92 Å². The monoisotopic (exact) mass is 276 g/mol. The molecule has 0 saturated heterocycles. The van der Waals surface area contributed by atoms with Crippen molar-refractivity contribution < 1.29 is 4.79 Å². The highest BCUT2D eigenvalue weighted by atomic mass is 16.1. The molecule has 0 aromatic carbocycles. The number of carbonyl (C=O) groups excluding carboxylic acids is 1. The van der Waals surface area contributed by atoms with Gasteiger partial charge in [-0.3, -0.25) is 4.79 Å². The van der Waals surface area contributed by atoms with Gasteiger partial charge in [0.05, 0.1) is 0 Å². The van der Waals surface area contributed by atoms with Crippen LogP contribution in [0.5, 0.6) is 0 Å². The molecule has 2 aliphatic carbocycles. The van der Waals surface area contributed by atoms with Gasteiger partial charge in [-0.25, -0.2) is 0 Å². The summed E-state index contributed by atoms with van der Waals surface area (Å²) in [6.45, 7) is 1.78. The zero-order chi connectivity index (χ0) is 14.2. The first-order valence-corrected chi connectivity index (χ1v) is 8.93. The SMILES string of the molecule is CC(=O)C(/C=C/CC1CCCCC1)CC1CCCCC1. The van der Waals surface area contributed by atoms with Gasteiger partial charge in [0, 0.05) is 5.92 Å². The first kappa shape index (κ1) is 15.8. The summed E-state index contributed by atoms with van der Waals surface area (Å²) in [4.78, 5) is 11.8. The summed E-state index contributed by atoms with van der Waals surface area (Å²) in [5, 5.41) is 0. The molecule has 0 radical (unpaired) electrons. The Labute approximate surface area is 125 Å². The molecule has 1 atom stereocenters. The number of allylic oxidation sites excluding steroid dienone is 2. The Morgan fingerprint density at radius 1 is 0.950 bits per heavy atom. The van der Waals surface area contributed by atoms with Crippen LogP contribution in [0.15, 0.2) is 12.2 Å². The van der Waals surface area contributed by atoms with Crippen LogP contribution in [-0.4, -0.2) is 5.78 Å². The molecular formula is C19H32O. The van der Waals surface area contributed by atoms with E-state index >= 15 is 0 Å². The van der Waals surface area contributed by atoms with Crippen molar-refractivity contribution in [2.75, 3.05) is 0 Å². The minimum atomic E-state index is 0.196.